The normalized spacial score (nSPS) is 11.3. The van der Waals surface area contributed by atoms with Crippen LogP contribution in [0.4, 0.5) is 0 Å². The summed E-state index contributed by atoms with van der Waals surface area (Å²) in [6.45, 7) is 18.0. The van der Waals surface area contributed by atoms with Crippen LogP contribution in [0.3, 0.4) is 0 Å². The third kappa shape index (κ3) is 17.1. The van der Waals surface area contributed by atoms with Gasteiger partial charge in [0.15, 0.2) is 0 Å². The van der Waals surface area contributed by atoms with Crippen LogP contribution in [-0.2, 0) is 33.9 Å². The van der Waals surface area contributed by atoms with Gasteiger partial charge in [-0.3, -0.25) is 0 Å². The fraction of sp³-hybridized carbons (Fsp3) is 0.909. The van der Waals surface area contributed by atoms with E-state index in [2.05, 4.69) is 20.8 Å². The number of aliphatic carboxylic acids is 3. The Kier molecular flexibility index (Phi) is 30.9. The Labute approximate surface area is 260 Å². The molecule has 0 aromatic rings. The first-order valence-electron chi connectivity index (χ1n) is 16.0. The number of hydrogen-bond donors (Lipinski definition) is 0. The first-order chi connectivity index (χ1) is 18.4. The number of carbonyl (C=O) groups is 3. The van der Waals surface area contributed by atoms with E-state index in [4.69, 9.17) is 0 Å². The van der Waals surface area contributed by atoms with Crippen molar-refractivity contribution in [1.29, 1.82) is 0 Å². The maximum absolute atomic E-state index is 11.0. The summed E-state index contributed by atoms with van der Waals surface area (Å²) in [6.07, 6.45) is 16.2. The first-order valence-corrected chi connectivity index (χ1v) is 16.0. The third-order valence-electron chi connectivity index (χ3n) is 9.14. The van der Waals surface area contributed by atoms with E-state index in [1.165, 1.54) is 0 Å². The molecule has 0 N–H and O–H groups in total. The largest absolute Gasteiger partial charge is 3.00 e. The van der Waals surface area contributed by atoms with Crippen LogP contribution < -0.4 is 15.3 Å². The zero-order valence-electron chi connectivity index (χ0n) is 27.5. The molecule has 0 rings (SSSR count). The molecule has 0 fully saturated rings. The van der Waals surface area contributed by atoms with Gasteiger partial charge in [0.05, 0.1) is 0 Å². The molecule has 0 spiro atoms. The average Bonchev–Trinajstić information content (AvgIpc) is 2.92. The quantitative estimate of drug-likeness (QED) is 0.105. The van der Waals surface area contributed by atoms with Crippen LogP contribution in [0.2, 0.25) is 0 Å². The van der Waals surface area contributed by atoms with E-state index in [0.29, 0.717) is 38.5 Å². The van der Waals surface area contributed by atoms with Gasteiger partial charge in [-0.05, 0) is 57.8 Å². The van der Waals surface area contributed by atoms with Gasteiger partial charge in [-0.15, -0.1) is 0 Å². The molecule has 0 unspecified atom stereocenters. The van der Waals surface area contributed by atoms with Gasteiger partial charge in [-0.1, -0.05) is 120 Å². The Balaban J connectivity index is -0.000000240. The van der Waals surface area contributed by atoms with Gasteiger partial charge in [-0.25, -0.2) is 0 Å². The maximum Gasteiger partial charge on any atom is 3.00 e. The minimum absolute atomic E-state index is 0. The molecule has 1 radical (unpaired) electrons. The second-order valence-corrected chi connectivity index (χ2v) is 11.2. The van der Waals surface area contributed by atoms with Crippen molar-refractivity contribution in [3.05, 3.63) is 0 Å². The van der Waals surface area contributed by atoms with Crippen molar-refractivity contribution in [2.45, 2.75) is 178 Å². The Morgan fingerprint density at radius 3 is 0.675 bits per heavy atom. The minimum atomic E-state index is -0.867. The van der Waals surface area contributed by atoms with Crippen LogP contribution in [0.15, 0.2) is 0 Å². The van der Waals surface area contributed by atoms with Crippen LogP contribution >= 0.6 is 0 Å². The third-order valence-corrected chi connectivity index (χ3v) is 9.14. The molecule has 0 aliphatic carbocycles. The minimum Gasteiger partial charge on any atom is -0.550 e. The zero-order valence-corrected chi connectivity index (χ0v) is 29.3. The van der Waals surface area contributed by atoms with Gasteiger partial charge in [0, 0.05) is 34.2 Å². The number of carboxylic acid groups (broad SMARTS) is 3. The molecule has 7 heteroatoms. The van der Waals surface area contributed by atoms with Crippen LogP contribution in [0.25, 0.3) is 0 Å². The second-order valence-electron chi connectivity index (χ2n) is 11.2. The molecular formula is C33H63O6Ru. The van der Waals surface area contributed by atoms with Crippen LogP contribution in [-0.4, -0.2) is 17.9 Å². The fourth-order valence-electron chi connectivity index (χ4n) is 5.12. The standard InChI is InChI=1S/3C11H22O2.Ru/c3*1-4-7-8-9-11(5-2,6-3)10(12)13;/h3*4-9H2,1-3H3,(H,12,13);/q;;;+3/p-3. The fourth-order valence-corrected chi connectivity index (χ4v) is 5.12. The summed E-state index contributed by atoms with van der Waals surface area (Å²) >= 11 is 0. The van der Waals surface area contributed by atoms with Crippen LogP contribution in [0.1, 0.15) is 178 Å². The topological polar surface area (TPSA) is 120 Å². The SMILES string of the molecule is CCCCCC(CC)(CC)C(=O)[O-].CCCCCC(CC)(CC)C(=O)[O-].CCCCCC(CC)(CC)C(=O)[O-].[Ru+3]. The first kappa shape index (κ1) is 46.0. The number of rotatable bonds is 21. The molecule has 40 heavy (non-hydrogen) atoms. The Hall–Kier alpha value is -0.967. The smallest absolute Gasteiger partial charge is 0.550 e. The molecule has 0 bridgehead atoms. The van der Waals surface area contributed by atoms with E-state index >= 15 is 0 Å². The number of hydrogen-bond acceptors (Lipinski definition) is 6. The van der Waals surface area contributed by atoms with E-state index in [1.54, 1.807) is 0 Å². The van der Waals surface area contributed by atoms with Gasteiger partial charge in [0.1, 0.15) is 0 Å². The van der Waals surface area contributed by atoms with Gasteiger partial charge in [0.25, 0.3) is 0 Å². The summed E-state index contributed by atoms with van der Waals surface area (Å²) in [4.78, 5) is 32.9. The van der Waals surface area contributed by atoms with Gasteiger partial charge >= 0.3 is 19.5 Å². The van der Waals surface area contributed by atoms with E-state index < -0.39 is 34.2 Å². The maximum atomic E-state index is 11.0. The van der Waals surface area contributed by atoms with Crippen LogP contribution in [0, 0.1) is 16.2 Å². The predicted octanol–water partition coefficient (Wildman–Crippen LogP) is 6.37. The molecule has 0 heterocycles. The van der Waals surface area contributed by atoms with E-state index in [9.17, 15) is 29.7 Å². The monoisotopic (exact) mass is 657 g/mol. The molecule has 6 nitrogen and oxygen atoms in total. The molecule has 0 amide bonds. The molecule has 0 aromatic carbocycles. The van der Waals surface area contributed by atoms with Crippen molar-refractivity contribution in [2.24, 2.45) is 16.2 Å². The molecule has 0 aliphatic rings. The molecule has 0 aromatic heterocycles. The average molecular weight is 657 g/mol. The summed E-state index contributed by atoms with van der Waals surface area (Å²) in [5.74, 6) is -2.60. The van der Waals surface area contributed by atoms with Crippen molar-refractivity contribution in [1.82, 2.24) is 0 Å². The summed E-state index contributed by atoms with van der Waals surface area (Å²) in [7, 11) is 0. The van der Waals surface area contributed by atoms with Crippen molar-refractivity contribution >= 4 is 17.9 Å². The van der Waals surface area contributed by atoms with E-state index in [-0.39, 0.29) is 19.5 Å². The van der Waals surface area contributed by atoms with Crippen molar-refractivity contribution in [2.75, 3.05) is 0 Å². The molecular weight excluding hydrogens is 593 g/mol. The van der Waals surface area contributed by atoms with Gasteiger partial charge in [0.2, 0.25) is 0 Å². The zero-order chi connectivity index (χ0) is 31.0. The predicted molar refractivity (Wildman–Crippen MR) is 156 cm³/mol. The Bertz CT molecular complexity index is 537. The van der Waals surface area contributed by atoms with Crippen LogP contribution in [0.5, 0.6) is 0 Å². The molecule has 0 aliphatic heterocycles. The van der Waals surface area contributed by atoms with Gasteiger partial charge in [-0.2, -0.15) is 0 Å². The molecule has 0 atom stereocenters. The number of carboxylic acids is 3. The Morgan fingerprint density at radius 1 is 0.400 bits per heavy atom. The van der Waals surface area contributed by atoms with Gasteiger partial charge < -0.3 is 29.7 Å². The van der Waals surface area contributed by atoms with Crippen molar-refractivity contribution in [3.63, 3.8) is 0 Å². The Morgan fingerprint density at radius 2 is 0.575 bits per heavy atom. The second kappa shape index (κ2) is 26.9. The number of unbranched alkanes of at least 4 members (excludes halogenated alkanes) is 6. The number of carbonyl (C=O) groups excluding carboxylic acids is 3. The summed E-state index contributed by atoms with van der Waals surface area (Å²) in [6, 6.07) is 0. The summed E-state index contributed by atoms with van der Waals surface area (Å²) in [5.41, 5.74) is -1.68. The summed E-state index contributed by atoms with van der Waals surface area (Å²) < 4.78 is 0. The molecule has 0 saturated carbocycles. The molecule has 239 valence electrons. The molecule has 0 saturated heterocycles. The summed E-state index contributed by atoms with van der Waals surface area (Å²) in [5, 5.41) is 32.9. The van der Waals surface area contributed by atoms with E-state index in [0.717, 1.165) is 77.0 Å². The van der Waals surface area contributed by atoms with E-state index in [1.807, 2.05) is 41.5 Å². The van der Waals surface area contributed by atoms with Crippen molar-refractivity contribution in [3.8, 4) is 0 Å². The van der Waals surface area contributed by atoms with Crippen molar-refractivity contribution < 1.29 is 49.2 Å².